The Kier molecular flexibility index (Phi) is 4.47. The van der Waals surface area contributed by atoms with Gasteiger partial charge in [0, 0.05) is 30.4 Å². The van der Waals surface area contributed by atoms with Crippen molar-refractivity contribution in [1.29, 1.82) is 0 Å². The maximum atomic E-state index is 4.55. The molecule has 1 atom stereocenters. The smallest absolute Gasteiger partial charge is 0.138 e. The number of anilines is 1. The summed E-state index contributed by atoms with van der Waals surface area (Å²) >= 11 is 1.86. The van der Waals surface area contributed by atoms with Crippen LogP contribution in [0.2, 0.25) is 0 Å². The molecular formula is C18H23N5S. The molecule has 0 saturated carbocycles. The number of rotatable bonds is 5. The number of hydrogen-bond acceptors (Lipinski definition) is 5. The molecule has 0 unspecified atom stereocenters. The summed E-state index contributed by atoms with van der Waals surface area (Å²) in [4.78, 5) is 15.8. The zero-order valence-electron chi connectivity index (χ0n) is 14.0. The van der Waals surface area contributed by atoms with Crippen molar-refractivity contribution >= 4 is 27.4 Å². The zero-order valence-corrected chi connectivity index (χ0v) is 14.9. The number of fused-ring (bicyclic) bond motifs is 3. The van der Waals surface area contributed by atoms with Crippen LogP contribution >= 0.6 is 11.3 Å². The van der Waals surface area contributed by atoms with Gasteiger partial charge >= 0.3 is 0 Å². The molecule has 3 heterocycles. The van der Waals surface area contributed by atoms with Gasteiger partial charge in [-0.05, 0) is 37.2 Å². The molecule has 24 heavy (non-hydrogen) atoms. The quantitative estimate of drug-likeness (QED) is 0.715. The summed E-state index contributed by atoms with van der Waals surface area (Å²) in [5.74, 6) is 1.51. The Morgan fingerprint density at radius 1 is 1.25 bits per heavy atom. The van der Waals surface area contributed by atoms with E-state index in [-0.39, 0.29) is 0 Å². The third kappa shape index (κ3) is 3.15. The fourth-order valence-corrected chi connectivity index (χ4v) is 4.72. The van der Waals surface area contributed by atoms with Gasteiger partial charge in [0.25, 0.3) is 0 Å². The molecule has 1 aliphatic carbocycles. The third-order valence-corrected chi connectivity index (χ3v) is 5.90. The van der Waals surface area contributed by atoms with E-state index in [2.05, 4.69) is 31.8 Å². The van der Waals surface area contributed by atoms with Crippen molar-refractivity contribution in [3.05, 3.63) is 35.5 Å². The maximum Gasteiger partial charge on any atom is 0.138 e. The minimum atomic E-state index is 0.501. The summed E-state index contributed by atoms with van der Waals surface area (Å²) in [5.41, 5.74) is 1.50. The largest absolute Gasteiger partial charge is 0.369 e. The molecule has 1 aliphatic rings. The van der Waals surface area contributed by atoms with Crippen molar-refractivity contribution < 1.29 is 0 Å². The molecule has 5 nitrogen and oxygen atoms in total. The summed E-state index contributed by atoms with van der Waals surface area (Å²) in [6.07, 6.45) is 13.7. The number of imidazole rings is 1. The van der Waals surface area contributed by atoms with Gasteiger partial charge in [0.1, 0.15) is 17.0 Å². The Bertz CT molecular complexity index is 808. The average Bonchev–Trinajstić information content (AvgIpc) is 3.15. The van der Waals surface area contributed by atoms with Gasteiger partial charge in [-0.1, -0.05) is 13.3 Å². The van der Waals surface area contributed by atoms with Gasteiger partial charge in [-0.15, -0.1) is 11.3 Å². The van der Waals surface area contributed by atoms with Gasteiger partial charge in [0.2, 0.25) is 0 Å². The third-order valence-electron chi connectivity index (χ3n) is 4.70. The first kappa shape index (κ1) is 15.6. The van der Waals surface area contributed by atoms with E-state index in [1.165, 1.54) is 47.9 Å². The number of aryl methyl sites for hydroxylation is 2. The highest BCUT2D eigenvalue weighted by molar-refractivity contribution is 7.18. The Morgan fingerprint density at radius 3 is 3.04 bits per heavy atom. The summed E-state index contributed by atoms with van der Waals surface area (Å²) in [6.45, 7) is 4.11. The highest BCUT2D eigenvalue weighted by Crippen LogP contribution is 2.37. The lowest BCUT2D eigenvalue weighted by molar-refractivity contribution is 0.502. The Morgan fingerprint density at radius 2 is 2.17 bits per heavy atom. The van der Waals surface area contributed by atoms with Crippen LogP contribution in [0.15, 0.2) is 25.0 Å². The second kappa shape index (κ2) is 6.89. The summed E-state index contributed by atoms with van der Waals surface area (Å²) in [5, 5.41) is 4.85. The van der Waals surface area contributed by atoms with Crippen LogP contribution in [0, 0.1) is 5.92 Å². The van der Waals surface area contributed by atoms with E-state index in [4.69, 9.17) is 0 Å². The van der Waals surface area contributed by atoms with Crippen molar-refractivity contribution in [2.75, 3.05) is 11.9 Å². The van der Waals surface area contributed by atoms with Gasteiger partial charge in [0.05, 0.1) is 11.7 Å². The molecule has 6 heteroatoms. The van der Waals surface area contributed by atoms with Crippen molar-refractivity contribution in [3.63, 3.8) is 0 Å². The molecule has 126 valence electrons. The van der Waals surface area contributed by atoms with Crippen LogP contribution in [0.25, 0.3) is 10.2 Å². The molecule has 0 aromatic carbocycles. The Balaban J connectivity index is 1.54. The summed E-state index contributed by atoms with van der Waals surface area (Å²) < 4.78 is 2.12. The van der Waals surface area contributed by atoms with Crippen LogP contribution < -0.4 is 5.32 Å². The molecule has 1 N–H and O–H groups in total. The van der Waals surface area contributed by atoms with E-state index in [1.54, 1.807) is 6.33 Å². The summed E-state index contributed by atoms with van der Waals surface area (Å²) in [7, 11) is 0. The first-order valence-corrected chi connectivity index (χ1v) is 9.58. The minimum Gasteiger partial charge on any atom is -0.369 e. The number of aromatic nitrogens is 4. The van der Waals surface area contributed by atoms with E-state index in [0.717, 1.165) is 23.7 Å². The van der Waals surface area contributed by atoms with Gasteiger partial charge in [0.15, 0.2) is 0 Å². The molecule has 0 saturated heterocycles. The molecule has 3 aromatic heterocycles. The SMILES string of the molecule is C[C@H](CNc1ncnc2sc3c(c12)CCCCC3)Cn1ccnc1. The lowest BCUT2D eigenvalue weighted by Crippen LogP contribution is -2.17. The van der Waals surface area contributed by atoms with Crippen molar-refractivity contribution in [3.8, 4) is 0 Å². The number of thiophene rings is 1. The fraction of sp³-hybridized carbons (Fsp3) is 0.500. The fourth-order valence-electron chi connectivity index (χ4n) is 3.49. The molecule has 3 aromatic rings. The lowest BCUT2D eigenvalue weighted by atomic mass is 10.1. The van der Waals surface area contributed by atoms with Crippen LogP contribution in [0.5, 0.6) is 0 Å². The Labute approximate surface area is 146 Å². The molecule has 0 radical (unpaired) electrons. The van der Waals surface area contributed by atoms with E-state index in [1.807, 2.05) is 30.1 Å². The first-order valence-electron chi connectivity index (χ1n) is 8.76. The molecular weight excluding hydrogens is 318 g/mol. The van der Waals surface area contributed by atoms with Crippen LogP contribution in [0.4, 0.5) is 5.82 Å². The average molecular weight is 341 g/mol. The molecule has 0 bridgehead atoms. The van der Waals surface area contributed by atoms with E-state index >= 15 is 0 Å². The first-order chi connectivity index (χ1) is 11.8. The van der Waals surface area contributed by atoms with Crippen molar-refractivity contribution in [2.45, 2.75) is 45.6 Å². The van der Waals surface area contributed by atoms with Gasteiger partial charge in [-0.25, -0.2) is 15.0 Å². The van der Waals surface area contributed by atoms with Gasteiger partial charge < -0.3 is 9.88 Å². The van der Waals surface area contributed by atoms with E-state index in [0.29, 0.717) is 5.92 Å². The highest BCUT2D eigenvalue weighted by atomic mass is 32.1. The Hall–Kier alpha value is -1.95. The molecule has 4 rings (SSSR count). The van der Waals surface area contributed by atoms with Crippen LogP contribution in [0.1, 0.15) is 36.6 Å². The predicted molar refractivity (Wildman–Crippen MR) is 98.6 cm³/mol. The number of nitrogens with one attached hydrogen (secondary N) is 1. The summed E-state index contributed by atoms with van der Waals surface area (Å²) in [6, 6.07) is 0. The van der Waals surface area contributed by atoms with Crippen LogP contribution in [-0.4, -0.2) is 26.1 Å². The number of hydrogen-bond donors (Lipinski definition) is 1. The monoisotopic (exact) mass is 341 g/mol. The molecule has 0 aliphatic heterocycles. The second-order valence-electron chi connectivity index (χ2n) is 6.71. The topological polar surface area (TPSA) is 55.6 Å². The van der Waals surface area contributed by atoms with Crippen LogP contribution in [-0.2, 0) is 19.4 Å². The van der Waals surface area contributed by atoms with Gasteiger partial charge in [-0.3, -0.25) is 0 Å². The highest BCUT2D eigenvalue weighted by Gasteiger charge is 2.19. The molecule has 0 amide bonds. The second-order valence-corrected chi connectivity index (χ2v) is 7.80. The lowest BCUT2D eigenvalue weighted by Gasteiger charge is -2.14. The van der Waals surface area contributed by atoms with Crippen LogP contribution in [0.3, 0.4) is 0 Å². The van der Waals surface area contributed by atoms with E-state index in [9.17, 15) is 0 Å². The van der Waals surface area contributed by atoms with Crippen molar-refractivity contribution in [1.82, 2.24) is 19.5 Å². The molecule has 0 spiro atoms. The normalized spacial score (nSPS) is 15.9. The number of nitrogens with zero attached hydrogens (tertiary/aromatic N) is 4. The zero-order chi connectivity index (χ0) is 16.4. The predicted octanol–water partition coefficient (Wildman–Crippen LogP) is 3.90. The van der Waals surface area contributed by atoms with Gasteiger partial charge in [-0.2, -0.15) is 0 Å². The van der Waals surface area contributed by atoms with E-state index < -0.39 is 0 Å². The van der Waals surface area contributed by atoms with Crippen molar-refractivity contribution in [2.24, 2.45) is 5.92 Å². The standard InChI is InChI=1S/C18H23N5S/c1-13(10-23-8-7-19-12-23)9-20-17-16-14-5-3-2-4-6-15(14)24-18(16)22-11-21-17/h7-8,11-13H,2-6,9-10H2,1H3,(H,20,21,22)/t13-/m1/s1. The molecule has 0 fully saturated rings. The maximum absolute atomic E-state index is 4.55. The minimum absolute atomic E-state index is 0.501.